The molecule has 0 aliphatic heterocycles. The summed E-state index contributed by atoms with van der Waals surface area (Å²) >= 11 is 2.82. The van der Waals surface area contributed by atoms with E-state index in [1.54, 1.807) is 17.5 Å². The number of aliphatic carboxylic acids is 1. The Labute approximate surface area is 186 Å². The summed E-state index contributed by atoms with van der Waals surface area (Å²) in [6.07, 6.45) is 1.99. The molecule has 0 bridgehead atoms. The lowest BCUT2D eigenvalue weighted by atomic mass is 10.1. The number of thiophene rings is 1. The number of H-pyrrole nitrogens is 1. The van der Waals surface area contributed by atoms with E-state index in [9.17, 15) is 14.7 Å². The largest absolute Gasteiger partial charge is 0.480 e. The van der Waals surface area contributed by atoms with Gasteiger partial charge < -0.3 is 20.0 Å². The van der Waals surface area contributed by atoms with E-state index in [4.69, 9.17) is 0 Å². The van der Waals surface area contributed by atoms with E-state index in [0.717, 1.165) is 27.2 Å². The third-order valence-corrected chi connectivity index (χ3v) is 6.67. The zero-order valence-electron chi connectivity index (χ0n) is 16.7. The number of nitrogens with zero attached hydrogens (tertiary/aromatic N) is 3. The summed E-state index contributed by atoms with van der Waals surface area (Å²) in [6.45, 7) is 2.66. The molecule has 0 radical (unpaired) electrons. The van der Waals surface area contributed by atoms with Crippen molar-refractivity contribution >= 4 is 45.9 Å². The standard InChI is InChI=1S/C21H21N5O3S2/c1-2-26-19(17-8-5-9-30-17)24-25-21(26)31-12-18(27)23-16(20(28)29)10-13-11-22-15-7-4-3-6-14(13)15/h3-9,11,16,22H,2,10,12H2,1H3,(H,23,27)(H,28,29)/t16-/m0/s1. The number of hydrogen-bond donors (Lipinski definition) is 3. The van der Waals surface area contributed by atoms with E-state index in [2.05, 4.69) is 20.5 Å². The normalized spacial score (nSPS) is 12.2. The Balaban J connectivity index is 1.41. The highest BCUT2D eigenvalue weighted by Gasteiger charge is 2.23. The molecule has 31 heavy (non-hydrogen) atoms. The van der Waals surface area contributed by atoms with Crippen LogP contribution in [0.1, 0.15) is 12.5 Å². The summed E-state index contributed by atoms with van der Waals surface area (Å²) in [7, 11) is 0. The molecular formula is C21H21N5O3S2. The van der Waals surface area contributed by atoms with Gasteiger partial charge in [0.1, 0.15) is 6.04 Å². The van der Waals surface area contributed by atoms with E-state index in [1.165, 1.54) is 11.8 Å². The molecule has 4 rings (SSSR count). The highest BCUT2D eigenvalue weighted by molar-refractivity contribution is 7.99. The zero-order valence-corrected chi connectivity index (χ0v) is 18.4. The van der Waals surface area contributed by atoms with Crippen LogP contribution in [0.5, 0.6) is 0 Å². The molecule has 0 fully saturated rings. The summed E-state index contributed by atoms with van der Waals surface area (Å²) < 4.78 is 1.95. The number of para-hydroxylation sites is 1. The maximum atomic E-state index is 12.5. The van der Waals surface area contributed by atoms with E-state index in [0.29, 0.717) is 11.7 Å². The molecule has 0 unspecified atom stereocenters. The van der Waals surface area contributed by atoms with Gasteiger partial charge in [0.25, 0.3) is 0 Å². The number of nitrogens with one attached hydrogen (secondary N) is 2. The number of carboxylic acids is 1. The lowest BCUT2D eigenvalue weighted by Crippen LogP contribution is -2.43. The molecule has 1 amide bonds. The Morgan fingerprint density at radius 2 is 2.10 bits per heavy atom. The first kappa shape index (κ1) is 21.1. The molecule has 10 heteroatoms. The van der Waals surface area contributed by atoms with Crippen molar-refractivity contribution in [1.29, 1.82) is 0 Å². The van der Waals surface area contributed by atoms with Gasteiger partial charge in [0.2, 0.25) is 5.91 Å². The average molecular weight is 456 g/mol. The molecule has 4 aromatic rings. The van der Waals surface area contributed by atoms with Crippen LogP contribution in [0.2, 0.25) is 0 Å². The first-order chi connectivity index (χ1) is 15.1. The number of carbonyl (C=O) groups excluding carboxylic acids is 1. The quantitative estimate of drug-likeness (QED) is 0.333. The summed E-state index contributed by atoms with van der Waals surface area (Å²) in [5.74, 6) is -0.607. The molecule has 160 valence electrons. The van der Waals surface area contributed by atoms with Gasteiger partial charge in [-0.25, -0.2) is 4.79 Å². The number of amides is 1. The van der Waals surface area contributed by atoms with Crippen LogP contribution >= 0.6 is 23.1 Å². The maximum absolute atomic E-state index is 12.5. The third-order valence-electron chi connectivity index (χ3n) is 4.84. The van der Waals surface area contributed by atoms with E-state index in [1.807, 2.05) is 53.3 Å². The topological polar surface area (TPSA) is 113 Å². The van der Waals surface area contributed by atoms with Gasteiger partial charge in [0.15, 0.2) is 11.0 Å². The second kappa shape index (κ2) is 9.36. The second-order valence-electron chi connectivity index (χ2n) is 6.84. The number of aromatic amines is 1. The number of benzene rings is 1. The third kappa shape index (κ3) is 4.64. The Bertz CT molecular complexity index is 1200. The Kier molecular flexibility index (Phi) is 6.38. The van der Waals surface area contributed by atoms with Crippen molar-refractivity contribution < 1.29 is 14.7 Å². The predicted molar refractivity (Wildman–Crippen MR) is 121 cm³/mol. The van der Waals surface area contributed by atoms with Gasteiger partial charge in [-0.1, -0.05) is 36.0 Å². The van der Waals surface area contributed by atoms with E-state index >= 15 is 0 Å². The Hall–Kier alpha value is -3.11. The van der Waals surface area contributed by atoms with Gasteiger partial charge in [0, 0.05) is 30.1 Å². The molecule has 0 aliphatic carbocycles. The van der Waals surface area contributed by atoms with Crippen LogP contribution in [0.25, 0.3) is 21.6 Å². The number of carbonyl (C=O) groups is 2. The SMILES string of the molecule is CCn1c(SCC(=O)N[C@@H](Cc2c[nH]c3ccccc23)C(=O)O)nnc1-c1cccs1. The molecule has 0 spiro atoms. The van der Waals surface area contributed by atoms with Crippen molar-refractivity contribution in [3.05, 3.63) is 53.5 Å². The Morgan fingerprint density at radius 1 is 1.26 bits per heavy atom. The van der Waals surface area contributed by atoms with Gasteiger partial charge in [-0.05, 0) is 30.0 Å². The van der Waals surface area contributed by atoms with Crippen molar-refractivity contribution in [2.75, 3.05) is 5.75 Å². The van der Waals surface area contributed by atoms with Gasteiger partial charge in [-0.3, -0.25) is 4.79 Å². The summed E-state index contributed by atoms with van der Waals surface area (Å²) in [6, 6.07) is 10.6. The van der Waals surface area contributed by atoms with Crippen molar-refractivity contribution in [1.82, 2.24) is 25.1 Å². The zero-order chi connectivity index (χ0) is 21.8. The van der Waals surface area contributed by atoms with Gasteiger partial charge in [-0.15, -0.1) is 21.5 Å². The summed E-state index contributed by atoms with van der Waals surface area (Å²) in [4.78, 5) is 28.4. The molecule has 3 aromatic heterocycles. The number of thioether (sulfide) groups is 1. The minimum absolute atomic E-state index is 0.0558. The second-order valence-corrected chi connectivity index (χ2v) is 8.73. The minimum atomic E-state index is -1.07. The van der Waals surface area contributed by atoms with Crippen LogP contribution in [0.4, 0.5) is 0 Å². The average Bonchev–Trinajstić information content (AvgIpc) is 3.51. The molecule has 1 atom stereocenters. The number of hydrogen-bond acceptors (Lipinski definition) is 6. The Morgan fingerprint density at radius 3 is 2.84 bits per heavy atom. The first-order valence-corrected chi connectivity index (χ1v) is 11.6. The molecular weight excluding hydrogens is 434 g/mol. The van der Waals surface area contributed by atoms with Crippen molar-refractivity contribution in [2.45, 2.75) is 31.1 Å². The number of rotatable bonds is 9. The van der Waals surface area contributed by atoms with Gasteiger partial charge in [-0.2, -0.15) is 0 Å². The highest BCUT2D eigenvalue weighted by Crippen LogP contribution is 2.27. The van der Waals surface area contributed by atoms with Crippen molar-refractivity contribution in [3.8, 4) is 10.7 Å². The smallest absolute Gasteiger partial charge is 0.326 e. The lowest BCUT2D eigenvalue weighted by molar-refractivity contribution is -0.141. The fourth-order valence-electron chi connectivity index (χ4n) is 3.36. The molecule has 0 saturated carbocycles. The van der Waals surface area contributed by atoms with Crippen molar-refractivity contribution in [3.63, 3.8) is 0 Å². The molecule has 0 aliphatic rings. The lowest BCUT2D eigenvalue weighted by Gasteiger charge is -2.14. The van der Waals surface area contributed by atoms with E-state index in [-0.39, 0.29) is 18.1 Å². The fraction of sp³-hybridized carbons (Fsp3) is 0.238. The summed E-state index contributed by atoms with van der Waals surface area (Å²) in [5, 5.41) is 24.3. The van der Waals surface area contributed by atoms with Crippen LogP contribution in [0, 0.1) is 0 Å². The minimum Gasteiger partial charge on any atom is -0.480 e. The maximum Gasteiger partial charge on any atom is 0.326 e. The van der Waals surface area contributed by atoms with Crippen LogP contribution in [-0.4, -0.2) is 48.5 Å². The predicted octanol–water partition coefficient (Wildman–Crippen LogP) is 3.41. The van der Waals surface area contributed by atoms with Gasteiger partial charge in [0.05, 0.1) is 10.6 Å². The fourth-order valence-corrected chi connectivity index (χ4v) is 4.89. The van der Waals surface area contributed by atoms with Crippen LogP contribution < -0.4 is 5.32 Å². The van der Waals surface area contributed by atoms with Crippen LogP contribution in [0.15, 0.2) is 53.1 Å². The highest BCUT2D eigenvalue weighted by atomic mass is 32.2. The van der Waals surface area contributed by atoms with Crippen LogP contribution in [-0.2, 0) is 22.6 Å². The molecule has 3 N–H and O–H groups in total. The molecule has 1 aromatic carbocycles. The monoisotopic (exact) mass is 455 g/mol. The molecule has 3 heterocycles. The number of fused-ring (bicyclic) bond motifs is 1. The molecule has 8 nitrogen and oxygen atoms in total. The van der Waals surface area contributed by atoms with Gasteiger partial charge >= 0.3 is 5.97 Å². The first-order valence-electron chi connectivity index (χ1n) is 9.73. The molecule has 0 saturated heterocycles. The number of aromatic nitrogens is 4. The van der Waals surface area contributed by atoms with E-state index < -0.39 is 12.0 Å². The number of carboxylic acid groups (broad SMARTS) is 1. The van der Waals surface area contributed by atoms with Crippen LogP contribution in [0.3, 0.4) is 0 Å². The summed E-state index contributed by atoms with van der Waals surface area (Å²) in [5.41, 5.74) is 1.78. The van der Waals surface area contributed by atoms with Crippen molar-refractivity contribution in [2.24, 2.45) is 0 Å².